The zero-order valence-electron chi connectivity index (χ0n) is 11.9. The average molecular weight is 319 g/mol. The van der Waals surface area contributed by atoms with E-state index in [0.29, 0.717) is 17.4 Å². The number of piperidine rings is 1. The van der Waals surface area contributed by atoms with Gasteiger partial charge < -0.3 is 5.32 Å². The van der Waals surface area contributed by atoms with Crippen LogP contribution in [0.2, 0.25) is 0 Å². The van der Waals surface area contributed by atoms with Crippen LogP contribution in [0.4, 0.5) is 0 Å². The van der Waals surface area contributed by atoms with Crippen LogP contribution in [0.5, 0.6) is 0 Å². The fraction of sp³-hybridized carbons (Fsp3) is 0.571. The summed E-state index contributed by atoms with van der Waals surface area (Å²) in [4.78, 5) is 0.350. The number of rotatable bonds is 4. The summed E-state index contributed by atoms with van der Waals surface area (Å²) >= 11 is 0. The summed E-state index contributed by atoms with van der Waals surface area (Å²) in [5.74, 6) is 0.409. The minimum atomic E-state index is -3.39. The van der Waals surface area contributed by atoms with Crippen LogP contribution in [0, 0.1) is 0 Å². The smallest absolute Gasteiger partial charge is 0.240 e. The van der Waals surface area contributed by atoms with Crippen LogP contribution in [0.15, 0.2) is 29.2 Å². The molecule has 1 aliphatic heterocycles. The summed E-state index contributed by atoms with van der Waals surface area (Å²) in [5.41, 5.74) is 1.15. The van der Waals surface area contributed by atoms with Crippen molar-refractivity contribution >= 4 is 22.4 Å². The van der Waals surface area contributed by atoms with Crippen LogP contribution >= 0.6 is 12.4 Å². The van der Waals surface area contributed by atoms with Gasteiger partial charge in [0, 0.05) is 12.6 Å². The first-order valence-electron chi connectivity index (χ1n) is 6.82. The molecule has 1 fully saturated rings. The van der Waals surface area contributed by atoms with Crippen molar-refractivity contribution < 1.29 is 8.42 Å². The van der Waals surface area contributed by atoms with E-state index in [1.807, 2.05) is 12.1 Å². The van der Waals surface area contributed by atoms with Crippen LogP contribution in [0.25, 0.3) is 0 Å². The van der Waals surface area contributed by atoms with E-state index in [1.165, 1.54) is 0 Å². The normalized spacial score (nSPS) is 19.6. The lowest BCUT2D eigenvalue weighted by atomic mass is 10.0. The first-order valence-corrected chi connectivity index (χ1v) is 8.30. The number of halogens is 1. The number of nitrogens with one attached hydrogen (secondary N) is 2. The molecule has 1 aromatic rings. The van der Waals surface area contributed by atoms with Gasteiger partial charge in [-0.15, -0.1) is 12.4 Å². The Hall–Kier alpha value is -0.620. The molecule has 0 aromatic heterocycles. The topological polar surface area (TPSA) is 58.2 Å². The molecule has 0 radical (unpaired) electrons. The third-order valence-corrected chi connectivity index (χ3v) is 5.01. The van der Waals surface area contributed by atoms with Gasteiger partial charge in [-0.1, -0.05) is 26.0 Å². The number of sulfonamides is 1. The Morgan fingerprint density at radius 1 is 1.25 bits per heavy atom. The van der Waals surface area contributed by atoms with Crippen molar-refractivity contribution in [2.45, 2.75) is 43.5 Å². The predicted molar refractivity (Wildman–Crippen MR) is 84.0 cm³/mol. The maximum atomic E-state index is 12.2. The van der Waals surface area contributed by atoms with Crippen molar-refractivity contribution in [3.63, 3.8) is 0 Å². The standard InChI is InChI=1S/C14H22N2O2S.ClH/c1-11(2)12-5-7-14(8-6-12)19(17,18)16-13-4-3-9-15-10-13;/h5-8,11,13,15-16H,3-4,9-10H2,1-2H3;1H/t13-;/m0./s1. The Morgan fingerprint density at radius 2 is 1.90 bits per heavy atom. The number of hydrogen-bond donors (Lipinski definition) is 2. The fourth-order valence-electron chi connectivity index (χ4n) is 2.27. The molecule has 1 atom stereocenters. The van der Waals surface area contributed by atoms with Gasteiger partial charge in [-0.05, 0) is 43.0 Å². The molecule has 0 amide bonds. The summed E-state index contributed by atoms with van der Waals surface area (Å²) in [6, 6.07) is 7.15. The van der Waals surface area contributed by atoms with E-state index in [1.54, 1.807) is 12.1 Å². The molecule has 1 aliphatic rings. The number of hydrogen-bond acceptors (Lipinski definition) is 3. The second-order valence-corrected chi connectivity index (χ2v) is 7.10. The first kappa shape index (κ1) is 17.4. The summed E-state index contributed by atoms with van der Waals surface area (Å²) in [6.07, 6.45) is 1.91. The maximum absolute atomic E-state index is 12.2. The van der Waals surface area contributed by atoms with Gasteiger partial charge in [-0.25, -0.2) is 13.1 Å². The molecular formula is C14H23ClN2O2S. The van der Waals surface area contributed by atoms with Crippen molar-refractivity contribution in [1.82, 2.24) is 10.0 Å². The summed E-state index contributed by atoms with van der Waals surface area (Å²) in [7, 11) is -3.39. The highest BCUT2D eigenvalue weighted by molar-refractivity contribution is 7.89. The van der Waals surface area contributed by atoms with Crippen LogP contribution in [0.1, 0.15) is 38.2 Å². The zero-order valence-corrected chi connectivity index (χ0v) is 13.6. The van der Waals surface area contributed by atoms with Crippen LogP contribution in [0.3, 0.4) is 0 Å². The van der Waals surface area contributed by atoms with Crippen LogP contribution < -0.4 is 10.0 Å². The quantitative estimate of drug-likeness (QED) is 0.895. The second-order valence-electron chi connectivity index (χ2n) is 5.39. The molecule has 0 saturated carbocycles. The molecule has 0 bridgehead atoms. The van der Waals surface area contributed by atoms with Crippen molar-refractivity contribution in [1.29, 1.82) is 0 Å². The fourth-order valence-corrected chi connectivity index (χ4v) is 3.54. The first-order chi connectivity index (χ1) is 8.99. The SMILES string of the molecule is CC(C)c1ccc(S(=O)(=O)N[C@H]2CCCNC2)cc1.Cl. The highest BCUT2D eigenvalue weighted by Gasteiger charge is 2.21. The lowest BCUT2D eigenvalue weighted by Crippen LogP contribution is -2.45. The molecule has 0 aliphatic carbocycles. The van der Waals surface area contributed by atoms with E-state index >= 15 is 0 Å². The molecule has 2 rings (SSSR count). The molecule has 4 nitrogen and oxygen atoms in total. The van der Waals surface area contributed by atoms with E-state index < -0.39 is 10.0 Å². The van der Waals surface area contributed by atoms with E-state index in [-0.39, 0.29) is 18.4 Å². The van der Waals surface area contributed by atoms with Gasteiger partial charge in [0.1, 0.15) is 0 Å². The minimum absolute atomic E-state index is 0. The van der Waals surface area contributed by atoms with Gasteiger partial charge in [-0.2, -0.15) is 0 Å². The lowest BCUT2D eigenvalue weighted by molar-refractivity contribution is 0.428. The molecule has 1 saturated heterocycles. The van der Waals surface area contributed by atoms with E-state index in [4.69, 9.17) is 0 Å². The molecule has 114 valence electrons. The van der Waals surface area contributed by atoms with Gasteiger partial charge in [0.05, 0.1) is 4.90 Å². The third-order valence-electron chi connectivity index (χ3n) is 3.48. The van der Waals surface area contributed by atoms with Crippen molar-refractivity contribution in [2.75, 3.05) is 13.1 Å². The summed E-state index contributed by atoms with van der Waals surface area (Å²) < 4.78 is 27.3. The maximum Gasteiger partial charge on any atom is 0.240 e. The van der Waals surface area contributed by atoms with E-state index in [0.717, 1.165) is 24.9 Å². The highest BCUT2D eigenvalue weighted by atomic mass is 35.5. The summed E-state index contributed by atoms with van der Waals surface area (Å²) in [6.45, 7) is 5.87. The largest absolute Gasteiger partial charge is 0.315 e. The Bertz CT molecular complexity index is 508. The van der Waals surface area contributed by atoms with E-state index in [2.05, 4.69) is 23.9 Å². The van der Waals surface area contributed by atoms with Gasteiger partial charge >= 0.3 is 0 Å². The molecule has 1 aromatic carbocycles. The van der Waals surface area contributed by atoms with Gasteiger partial charge in [-0.3, -0.25) is 0 Å². The Balaban J connectivity index is 0.00000200. The zero-order chi connectivity index (χ0) is 13.9. The Labute approximate surface area is 127 Å². The number of benzene rings is 1. The molecule has 0 spiro atoms. The minimum Gasteiger partial charge on any atom is -0.315 e. The van der Waals surface area contributed by atoms with Crippen molar-refractivity contribution in [3.8, 4) is 0 Å². The Morgan fingerprint density at radius 3 is 2.40 bits per heavy atom. The van der Waals surface area contributed by atoms with Crippen molar-refractivity contribution in [2.24, 2.45) is 0 Å². The molecular weight excluding hydrogens is 296 g/mol. The van der Waals surface area contributed by atoms with Crippen LogP contribution in [-0.4, -0.2) is 27.5 Å². The van der Waals surface area contributed by atoms with Gasteiger partial charge in [0.15, 0.2) is 0 Å². The molecule has 6 heteroatoms. The average Bonchev–Trinajstić information content (AvgIpc) is 2.39. The van der Waals surface area contributed by atoms with Gasteiger partial charge in [0.25, 0.3) is 0 Å². The third kappa shape index (κ3) is 4.45. The molecule has 2 N–H and O–H groups in total. The van der Waals surface area contributed by atoms with Gasteiger partial charge in [0.2, 0.25) is 10.0 Å². The van der Waals surface area contributed by atoms with E-state index in [9.17, 15) is 8.42 Å². The summed E-state index contributed by atoms with van der Waals surface area (Å²) in [5, 5.41) is 3.21. The molecule has 0 unspecified atom stereocenters. The van der Waals surface area contributed by atoms with Crippen molar-refractivity contribution in [3.05, 3.63) is 29.8 Å². The molecule has 20 heavy (non-hydrogen) atoms. The second kappa shape index (κ2) is 7.41. The predicted octanol–water partition coefficient (Wildman–Crippen LogP) is 2.26. The highest BCUT2D eigenvalue weighted by Crippen LogP contribution is 2.18. The monoisotopic (exact) mass is 318 g/mol. The Kier molecular flexibility index (Phi) is 6.45. The molecule has 1 heterocycles. The van der Waals surface area contributed by atoms with Crippen LogP contribution in [-0.2, 0) is 10.0 Å². The lowest BCUT2D eigenvalue weighted by Gasteiger charge is -2.23.